The molecule has 0 N–H and O–H groups in total. The maximum absolute atomic E-state index is 2.44. The molecule has 0 saturated carbocycles. The predicted octanol–water partition coefficient (Wildman–Crippen LogP) is 6.62. The van der Waals surface area contributed by atoms with E-state index in [2.05, 4.69) is 65.0 Å². The maximum Gasteiger partial charge on any atom is -0.0161 e. The summed E-state index contributed by atoms with van der Waals surface area (Å²) in [6.07, 6.45) is 17.9. The Morgan fingerprint density at radius 2 is 1.65 bits per heavy atom. The van der Waals surface area contributed by atoms with Gasteiger partial charge in [-0.05, 0) is 64.7 Å². The Morgan fingerprint density at radius 1 is 0.950 bits per heavy atom. The molecule has 0 aliphatic heterocycles. The predicted molar refractivity (Wildman–Crippen MR) is 91.8 cm³/mol. The molecule has 112 valence electrons. The van der Waals surface area contributed by atoms with Gasteiger partial charge in [0.1, 0.15) is 0 Å². The van der Waals surface area contributed by atoms with Crippen LogP contribution in [0.4, 0.5) is 0 Å². The van der Waals surface area contributed by atoms with E-state index in [0.717, 1.165) is 12.3 Å². The van der Waals surface area contributed by atoms with Crippen molar-refractivity contribution in [3.05, 3.63) is 47.1 Å². The number of hydrogen-bond acceptors (Lipinski definition) is 0. The van der Waals surface area contributed by atoms with E-state index in [9.17, 15) is 0 Å². The minimum absolute atomic E-state index is 0.696. The lowest BCUT2D eigenvalue weighted by Crippen LogP contribution is -2.05. The van der Waals surface area contributed by atoms with Crippen molar-refractivity contribution in [1.82, 2.24) is 0 Å². The van der Waals surface area contributed by atoms with E-state index in [1.807, 2.05) is 0 Å². The van der Waals surface area contributed by atoms with Crippen LogP contribution in [0.15, 0.2) is 47.1 Å². The van der Waals surface area contributed by atoms with Crippen LogP contribution in [0.2, 0.25) is 0 Å². The van der Waals surface area contributed by atoms with Gasteiger partial charge in [-0.25, -0.2) is 0 Å². The fourth-order valence-corrected chi connectivity index (χ4v) is 2.59. The molecule has 0 spiro atoms. The SMILES string of the molecule is CC1=C/C/C=C(\C)CC/C=C(\C)CC[C@@H](C(C)C)\C=C\1. The second kappa shape index (κ2) is 9.00. The van der Waals surface area contributed by atoms with Crippen molar-refractivity contribution in [3.8, 4) is 0 Å². The topological polar surface area (TPSA) is 0 Å². The molecule has 0 fully saturated rings. The molecule has 0 amide bonds. The molecule has 0 unspecified atom stereocenters. The van der Waals surface area contributed by atoms with Crippen molar-refractivity contribution in [2.45, 2.75) is 66.7 Å². The van der Waals surface area contributed by atoms with Crippen LogP contribution in [0, 0.1) is 11.8 Å². The van der Waals surface area contributed by atoms with Gasteiger partial charge in [-0.2, -0.15) is 0 Å². The second-order valence-electron chi connectivity index (χ2n) is 6.63. The lowest BCUT2D eigenvalue weighted by Gasteiger charge is -2.17. The Labute approximate surface area is 126 Å². The van der Waals surface area contributed by atoms with Gasteiger partial charge >= 0.3 is 0 Å². The van der Waals surface area contributed by atoms with Crippen molar-refractivity contribution in [2.75, 3.05) is 0 Å². The lowest BCUT2D eigenvalue weighted by atomic mass is 9.88. The Kier molecular flexibility index (Phi) is 7.65. The summed E-state index contributed by atoms with van der Waals surface area (Å²) < 4.78 is 0. The van der Waals surface area contributed by atoms with Crippen molar-refractivity contribution in [3.63, 3.8) is 0 Å². The molecule has 20 heavy (non-hydrogen) atoms. The summed E-state index contributed by atoms with van der Waals surface area (Å²) in [5.74, 6) is 1.42. The van der Waals surface area contributed by atoms with Crippen molar-refractivity contribution in [2.24, 2.45) is 11.8 Å². The summed E-state index contributed by atoms with van der Waals surface area (Å²) in [6, 6.07) is 0. The van der Waals surface area contributed by atoms with E-state index in [0.29, 0.717) is 5.92 Å². The number of hydrogen-bond donors (Lipinski definition) is 0. The highest BCUT2D eigenvalue weighted by molar-refractivity contribution is 5.19. The van der Waals surface area contributed by atoms with Crippen molar-refractivity contribution >= 4 is 0 Å². The van der Waals surface area contributed by atoms with Gasteiger partial charge in [0.05, 0.1) is 0 Å². The summed E-state index contributed by atoms with van der Waals surface area (Å²) in [5.41, 5.74) is 4.46. The van der Waals surface area contributed by atoms with Gasteiger partial charge in [-0.1, -0.05) is 60.9 Å². The van der Waals surface area contributed by atoms with Crippen LogP contribution < -0.4 is 0 Å². The molecule has 0 aromatic heterocycles. The Bertz CT molecular complexity index is 402. The van der Waals surface area contributed by atoms with E-state index >= 15 is 0 Å². The smallest absolute Gasteiger partial charge is 0.0161 e. The fraction of sp³-hybridized carbons (Fsp3) is 0.600. The Balaban J connectivity index is 2.85. The van der Waals surface area contributed by atoms with Gasteiger partial charge in [0.25, 0.3) is 0 Å². The molecule has 0 aromatic rings. The number of rotatable bonds is 1. The number of allylic oxidation sites excluding steroid dienone is 8. The summed E-state index contributed by atoms with van der Waals surface area (Å²) in [5, 5.41) is 0. The molecule has 0 nitrogen and oxygen atoms in total. The first-order chi connectivity index (χ1) is 9.49. The van der Waals surface area contributed by atoms with Crippen LogP contribution in [-0.4, -0.2) is 0 Å². The normalized spacial score (nSPS) is 32.3. The molecule has 1 atom stereocenters. The first-order valence-corrected chi connectivity index (χ1v) is 8.15. The Hall–Kier alpha value is -1.04. The first-order valence-electron chi connectivity index (χ1n) is 8.15. The van der Waals surface area contributed by atoms with Crippen LogP contribution in [0.5, 0.6) is 0 Å². The molecule has 1 aliphatic rings. The summed E-state index contributed by atoms with van der Waals surface area (Å²) in [7, 11) is 0. The zero-order valence-corrected chi connectivity index (χ0v) is 14.1. The van der Waals surface area contributed by atoms with Gasteiger partial charge < -0.3 is 0 Å². The molecule has 0 aromatic carbocycles. The molecular weight excluding hydrogens is 240 g/mol. The first kappa shape index (κ1) is 17.0. The van der Waals surface area contributed by atoms with E-state index in [-0.39, 0.29) is 0 Å². The van der Waals surface area contributed by atoms with Gasteiger partial charge in [-0.3, -0.25) is 0 Å². The molecule has 0 heterocycles. The monoisotopic (exact) mass is 272 g/mol. The average Bonchev–Trinajstić information content (AvgIpc) is 2.37. The summed E-state index contributed by atoms with van der Waals surface area (Å²) in [4.78, 5) is 0. The molecule has 1 rings (SSSR count). The highest BCUT2D eigenvalue weighted by Gasteiger charge is 2.09. The van der Waals surface area contributed by atoms with E-state index in [4.69, 9.17) is 0 Å². The zero-order chi connectivity index (χ0) is 15.0. The summed E-state index contributed by atoms with van der Waals surface area (Å²) in [6.45, 7) is 11.4. The largest absolute Gasteiger partial charge is 0.0853 e. The quantitative estimate of drug-likeness (QED) is 0.471. The highest BCUT2D eigenvalue weighted by Crippen LogP contribution is 2.23. The summed E-state index contributed by atoms with van der Waals surface area (Å²) >= 11 is 0. The standard InChI is InChI=1S/C20H32/c1-16(2)20-14-12-18(4)10-6-8-17(3)9-7-11-19(5)13-15-20/h8,10-12,14,16,20H,6-7,9,13,15H2,1-5H3/b14-12+,17-8+,18-10-,19-11+/t20-/m0/s1. The van der Waals surface area contributed by atoms with Gasteiger partial charge in [0.2, 0.25) is 0 Å². The van der Waals surface area contributed by atoms with E-state index in [1.165, 1.54) is 36.8 Å². The van der Waals surface area contributed by atoms with Crippen LogP contribution in [0.25, 0.3) is 0 Å². The van der Waals surface area contributed by atoms with Crippen molar-refractivity contribution in [1.29, 1.82) is 0 Å². The van der Waals surface area contributed by atoms with Crippen LogP contribution in [0.3, 0.4) is 0 Å². The zero-order valence-electron chi connectivity index (χ0n) is 14.1. The fourth-order valence-electron chi connectivity index (χ4n) is 2.59. The average molecular weight is 272 g/mol. The second-order valence-corrected chi connectivity index (χ2v) is 6.63. The molecule has 0 saturated heterocycles. The molecular formula is C20H32. The van der Waals surface area contributed by atoms with Crippen LogP contribution >= 0.6 is 0 Å². The van der Waals surface area contributed by atoms with Crippen LogP contribution in [0.1, 0.15) is 66.7 Å². The third-order valence-corrected chi connectivity index (χ3v) is 4.27. The van der Waals surface area contributed by atoms with E-state index in [1.54, 1.807) is 5.57 Å². The van der Waals surface area contributed by atoms with Gasteiger partial charge in [-0.15, -0.1) is 0 Å². The molecule has 1 aliphatic carbocycles. The molecule has 0 radical (unpaired) electrons. The minimum atomic E-state index is 0.696. The molecule has 0 heteroatoms. The van der Waals surface area contributed by atoms with Crippen molar-refractivity contribution < 1.29 is 0 Å². The lowest BCUT2D eigenvalue weighted by molar-refractivity contribution is 0.435. The third-order valence-electron chi connectivity index (χ3n) is 4.27. The van der Waals surface area contributed by atoms with Gasteiger partial charge in [0, 0.05) is 0 Å². The minimum Gasteiger partial charge on any atom is -0.0853 e. The van der Waals surface area contributed by atoms with E-state index < -0.39 is 0 Å². The Morgan fingerprint density at radius 3 is 2.35 bits per heavy atom. The van der Waals surface area contributed by atoms with Crippen LogP contribution in [-0.2, 0) is 0 Å². The highest BCUT2D eigenvalue weighted by atomic mass is 14.1. The maximum atomic E-state index is 2.44. The third kappa shape index (κ3) is 6.93. The van der Waals surface area contributed by atoms with Gasteiger partial charge in [0.15, 0.2) is 0 Å². The molecule has 0 bridgehead atoms.